The molecule has 3 aliphatic heterocycles. The summed E-state index contributed by atoms with van der Waals surface area (Å²) in [6.45, 7) is 1.95. The van der Waals surface area contributed by atoms with E-state index in [-0.39, 0.29) is 17.7 Å². The van der Waals surface area contributed by atoms with Crippen molar-refractivity contribution < 1.29 is 14.0 Å². The van der Waals surface area contributed by atoms with Crippen molar-refractivity contribution in [2.24, 2.45) is 23.7 Å². The van der Waals surface area contributed by atoms with E-state index in [0.29, 0.717) is 31.5 Å². The largest absolute Gasteiger partial charge is 0.467 e. The van der Waals surface area contributed by atoms with Crippen LogP contribution >= 0.6 is 0 Å². The lowest BCUT2D eigenvalue weighted by Gasteiger charge is -2.39. The van der Waals surface area contributed by atoms with Gasteiger partial charge in [-0.1, -0.05) is 0 Å². The van der Waals surface area contributed by atoms with Gasteiger partial charge in [0.1, 0.15) is 5.76 Å². The molecule has 3 unspecified atom stereocenters. The minimum absolute atomic E-state index is 0.0791. The van der Waals surface area contributed by atoms with Crippen molar-refractivity contribution >= 4 is 11.8 Å². The second-order valence-corrected chi connectivity index (χ2v) is 8.68. The molecule has 1 aromatic heterocycles. The van der Waals surface area contributed by atoms with Crippen molar-refractivity contribution in [3.05, 3.63) is 24.2 Å². The van der Waals surface area contributed by atoms with Gasteiger partial charge in [-0.3, -0.25) is 9.59 Å². The Labute approximate surface area is 148 Å². The van der Waals surface area contributed by atoms with E-state index in [1.807, 2.05) is 12.1 Å². The first kappa shape index (κ1) is 15.5. The molecule has 4 bridgehead atoms. The van der Waals surface area contributed by atoms with Crippen molar-refractivity contribution in [2.45, 2.75) is 51.1 Å². The average molecular weight is 342 g/mol. The van der Waals surface area contributed by atoms with E-state index in [2.05, 4.69) is 4.90 Å². The minimum Gasteiger partial charge on any atom is -0.467 e. The molecule has 5 nitrogen and oxygen atoms in total. The average Bonchev–Trinajstić information content (AvgIpc) is 3.17. The molecule has 3 atom stereocenters. The third-order valence-electron chi connectivity index (χ3n) is 6.88. The van der Waals surface area contributed by atoms with Crippen molar-refractivity contribution in [1.82, 2.24) is 9.80 Å². The Bertz CT molecular complexity index is 656. The molecule has 2 aliphatic carbocycles. The molecule has 0 N–H and O–H groups in total. The summed E-state index contributed by atoms with van der Waals surface area (Å²) < 4.78 is 5.36. The Morgan fingerprint density at radius 3 is 2.56 bits per heavy atom. The molecule has 25 heavy (non-hydrogen) atoms. The summed E-state index contributed by atoms with van der Waals surface area (Å²) in [5, 5.41) is 0. The molecule has 134 valence electrons. The van der Waals surface area contributed by atoms with Crippen LogP contribution in [0.1, 0.15) is 44.3 Å². The molecule has 6 rings (SSSR count). The monoisotopic (exact) mass is 342 g/mol. The summed E-state index contributed by atoms with van der Waals surface area (Å²) in [5.41, 5.74) is 0. The van der Waals surface area contributed by atoms with Crippen LogP contribution in [0.3, 0.4) is 0 Å². The number of nitrogens with zero attached hydrogens (tertiary/aromatic N) is 2. The number of fused-ring (bicyclic) bond motifs is 1. The van der Waals surface area contributed by atoms with Gasteiger partial charge in [0, 0.05) is 25.6 Å². The van der Waals surface area contributed by atoms with E-state index in [1.165, 1.54) is 32.1 Å². The van der Waals surface area contributed by atoms with Crippen LogP contribution in [-0.4, -0.2) is 40.7 Å². The number of rotatable bonds is 3. The molecule has 0 aromatic carbocycles. The fourth-order valence-corrected chi connectivity index (χ4v) is 5.97. The van der Waals surface area contributed by atoms with Crippen LogP contribution in [-0.2, 0) is 16.1 Å². The Balaban J connectivity index is 1.29. The summed E-state index contributed by atoms with van der Waals surface area (Å²) in [7, 11) is 0. The molecule has 1 aromatic rings. The minimum atomic E-state index is -0.168. The van der Waals surface area contributed by atoms with Crippen LogP contribution < -0.4 is 0 Å². The highest BCUT2D eigenvalue weighted by atomic mass is 16.3. The molecule has 0 spiro atoms. The van der Waals surface area contributed by atoms with Gasteiger partial charge in [-0.2, -0.15) is 0 Å². The first-order valence-corrected chi connectivity index (χ1v) is 9.76. The molecule has 3 saturated heterocycles. The predicted octanol–water partition coefficient (Wildman–Crippen LogP) is 2.67. The molecule has 5 aliphatic rings. The van der Waals surface area contributed by atoms with Crippen molar-refractivity contribution in [3.63, 3.8) is 0 Å². The topological polar surface area (TPSA) is 53.8 Å². The summed E-state index contributed by atoms with van der Waals surface area (Å²) in [5.74, 6) is 3.28. The highest BCUT2D eigenvalue weighted by molar-refractivity contribution is 5.89. The lowest BCUT2D eigenvalue weighted by atomic mass is 9.68. The number of carbonyl (C=O) groups excluding carboxylic acids is 2. The van der Waals surface area contributed by atoms with Gasteiger partial charge in [-0.15, -0.1) is 0 Å². The second-order valence-electron chi connectivity index (χ2n) is 8.68. The normalized spacial score (nSPS) is 37.0. The van der Waals surface area contributed by atoms with Gasteiger partial charge in [0.15, 0.2) is 0 Å². The van der Waals surface area contributed by atoms with Gasteiger partial charge in [0.2, 0.25) is 11.8 Å². The fraction of sp³-hybridized carbons (Fsp3) is 0.700. The third kappa shape index (κ3) is 2.77. The number of carbonyl (C=O) groups is 2. The number of hydrogen-bond acceptors (Lipinski definition) is 3. The predicted molar refractivity (Wildman–Crippen MR) is 91.3 cm³/mol. The smallest absolute Gasteiger partial charge is 0.228 e. The van der Waals surface area contributed by atoms with Crippen LogP contribution in [0.4, 0.5) is 0 Å². The highest BCUT2D eigenvalue weighted by Gasteiger charge is 2.46. The summed E-state index contributed by atoms with van der Waals surface area (Å²) in [6, 6.07) is 4.14. The zero-order chi connectivity index (χ0) is 17.0. The zero-order valence-electron chi connectivity index (χ0n) is 14.6. The first-order valence-electron chi connectivity index (χ1n) is 9.76. The summed E-state index contributed by atoms with van der Waals surface area (Å²) in [6.07, 6.45) is 8.37. The molecule has 4 heterocycles. The van der Waals surface area contributed by atoms with Gasteiger partial charge in [0.25, 0.3) is 0 Å². The fourth-order valence-electron chi connectivity index (χ4n) is 5.97. The van der Waals surface area contributed by atoms with Crippen molar-refractivity contribution in [3.8, 4) is 0 Å². The van der Waals surface area contributed by atoms with E-state index >= 15 is 0 Å². The first-order chi connectivity index (χ1) is 12.2. The Morgan fingerprint density at radius 1 is 1.08 bits per heavy atom. The Morgan fingerprint density at radius 2 is 1.84 bits per heavy atom. The molecule has 2 saturated carbocycles. The van der Waals surface area contributed by atoms with Gasteiger partial charge >= 0.3 is 0 Å². The third-order valence-corrected chi connectivity index (χ3v) is 6.88. The summed E-state index contributed by atoms with van der Waals surface area (Å²) >= 11 is 0. The van der Waals surface area contributed by atoms with Crippen LogP contribution in [0, 0.1) is 23.7 Å². The van der Waals surface area contributed by atoms with E-state index in [4.69, 9.17) is 4.42 Å². The lowest BCUT2D eigenvalue weighted by molar-refractivity contribution is -0.138. The molecule has 2 amide bonds. The molecular weight excluding hydrogens is 316 g/mol. The SMILES string of the molecule is O=C1CC(C(=O)N2CC3CC4CC(C3)CC2C4)CN1Cc1ccco1. The Hall–Kier alpha value is -1.78. The number of hydrogen-bond donors (Lipinski definition) is 0. The zero-order valence-corrected chi connectivity index (χ0v) is 14.6. The van der Waals surface area contributed by atoms with E-state index < -0.39 is 0 Å². The van der Waals surface area contributed by atoms with E-state index in [9.17, 15) is 9.59 Å². The highest BCUT2D eigenvalue weighted by Crippen LogP contribution is 2.47. The van der Waals surface area contributed by atoms with Gasteiger partial charge in [-0.25, -0.2) is 0 Å². The number of likely N-dealkylation sites (tertiary alicyclic amines) is 1. The molecule has 0 radical (unpaired) electrons. The van der Waals surface area contributed by atoms with Gasteiger partial charge < -0.3 is 14.2 Å². The lowest BCUT2D eigenvalue weighted by Crippen LogP contribution is -2.45. The summed E-state index contributed by atoms with van der Waals surface area (Å²) in [4.78, 5) is 29.6. The van der Waals surface area contributed by atoms with E-state index in [1.54, 1.807) is 11.2 Å². The quantitative estimate of drug-likeness (QED) is 0.849. The van der Waals surface area contributed by atoms with Crippen molar-refractivity contribution in [1.29, 1.82) is 0 Å². The Kier molecular flexibility index (Phi) is 3.64. The standard InChI is InChI=1S/C20H26N2O3/c23-19-9-16(11-21(19)12-18-2-1-3-25-18)20(24)22-10-15-5-13-4-14(6-15)8-17(22)7-13/h1-3,13-17H,4-12H2. The van der Waals surface area contributed by atoms with Crippen LogP contribution in [0.25, 0.3) is 0 Å². The van der Waals surface area contributed by atoms with Crippen LogP contribution in [0.2, 0.25) is 0 Å². The molecular formula is C20H26N2O3. The maximum absolute atomic E-state index is 13.2. The number of furan rings is 1. The van der Waals surface area contributed by atoms with Gasteiger partial charge in [0.05, 0.1) is 18.7 Å². The maximum Gasteiger partial charge on any atom is 0.228 e. The van der Waals surface area contributed by atoms with E-state index in [0.717, 1.165) is 24.1 Å². The second kappa shape index (κ2) is 5.89. The number of amides is 2. The molecule has 5 fully saturated rings. The van der Waals surface area contributed by atoms with Crippen LogP contribution in [0.5, 0.6) is 0 Å². The molecule has 5 heteroatoms. The van der Waals surface area contributed by atoms with Crippen molar-refractivity contribution in [2.75, 3.05) is 13.1 Å². The van der Waals surface area contributed by atoms with Gasteiger partial charge in [-0.05, 0) is 62.0 Å². The van der Waals surface area contributed by atoms with Crippen LogP contribution in [0.15, 0.2) is 22.8 Å². The maximum atomic E-state index is 13.2.